The molecule has 298 valence electrons. The molecule has 0 bridgehead atoms. The van der Waals surface area contributed by atoms with Crippen LogP contribution in [0.15, 0.2) is 42.9 Å². The number of rotatable bonds is 9. The lowest BCUT2D eigenvalue weighted by molar-refractivity contribution is 0.0327. The fourth-order valence-corrected chi connectivity index (χ4v) is 6.03. The molecule has 54 heavy (non-hydrogen) atoms. The van der Waals surface area contributed by atoms with Gasteiger partial charge in [-0.1, -0.05) is 13.8 Å². The number of likely N-dealkylation sites (tertiary alicyclic amines) is 2. The number of ether oxygens (including phenoxy) is 2. The summed E-state index contributed by atoms with van der Waals surface area (Å²) in [5.41, 5.74) is 7.42. The number of nitrogens with zero attached hydrogens (tertiary/aromatic N) is 6. The number of carbonyl (C=O) groups excluding carboxylic acids is 2. The summed E-state index contributed by atoms with van der Waals surface area (Å²) in [5.74, 6) is 1.73. The molecule has 0 radical (unpaired) electrons. The maximum Gasteiger partial charge on any atom is 0.259 e. The van der Waals surface area contributed by atoms with Gasteiger partial charge in [0.25, 0.3) is 11.8 Å². The van der Waals surface area contributed by atoms with Crippen molar-refractivity contribution in [3.05, 3.63) is 65.2 Å². The van der Waals surface area contributed by atoms with Gasteiger partial charge in [0.05, 0.1) is 47.9 Å². The molecule has 2 aliphatic heterocycles. The van der Waals surface area contributed by atoms with Crippen molar-refractivity contribution in [2.24, 2.45) is 11.7 Å². The van der Waals surface area contributed by atoms with E-state index in [1.807, 2.05) is 68.3 Å². The second-order valence-corrected chi connectivity index (χ2v) is 16.4. The molecule has 0 spiro atoms. The molecule has 1 aliphatic carbocycles. The summed E-state index contributed by atoms with van der Waals surface area (Å²) in [6, 6.07) is 7.32. The Balaban J connectivity index is 0.000000211. The van der Waals surface area contributed by atoms with E-state index in [9.17, 15) is 14.7 Å². The van der Waals surface area contributed by atoms with Crippen molar-refractivity contribution >= 4 is 11.8 Å². The fraction of sp³-hybridized carbons (Fsp3) is 0.634. The first-order valence-corrected chi connectivity index (χ1v) is 19.4. The number of nitrogens with two attached hydrogens (primary N) is 1. The van der Waals surface area contributed by atoms with Crippen LogP contribution in [0.3, 0.4) is 0 Å². The second kappa shape index (κ2) is 18.5. The fourth-order valence-electron chi connectivity index (χ4n) is 6.03. The van der Waals surface area contributed by atoms with Gasteiger partial charge >= 0.3 is 0 Å². The van der Waals surface area contributed by atoms with Crippen LogP contribution in [0.2, 0.25) is 0 Å². The smallest absolute Gasteiger partial charge is 0.259 e. The average molecular weight is 750 g/mol. The van der Waals surface area contributed by atoms with Gasteiger partial charge in [-0.2, -0.15) is 5.10 Å². The van der Waals surface area contributed by atoms with Crippen molar-refractivity contribution in [1.29, 1.82) is 0 Å². The maximum atomic E-state index is 13.1. The molecule has 3 aromatic rings. The van der Waals surface area contributed by atoms with Crippen molar-refractivity contribution in [3.63, 3.8) is 0 Å². The highest BCUT2D eigenvalue weighted by molar-refractivity contribution is 5.96. The van der Waals surface area contributed by atoms with E-state index in [0.717, 1.165) is 61.9 Å². The SMILES string of the molecule is CC(C)C(C)(C)O.CC(C)Oc1ncccc1C(=O)N1CCC[C@@H](n2cc(C(C)(C)O)cn2)C1.COc1ccc(C(=O)N2CCC[C@@H](N)C2)c(C2CC2)n1. The Morgan fingerprint density at radius 3 is 2.09 bits per heavy atom. The van der Waals surface area contributed by atoms with E-state index in [2.05, 4.69) is 15.1 Å². The summed E-state index contributed by atoms with van der Waals surface area (Å²) in [6.07, 6.45) is 11.2. The zero-order chi connectivity index (χ0) is 39.8. The minimum absolute atomic E-state index is 0.0510. The minimum Gasteiger partial charge on any atom is -0.481 e. The Morgan fingerprint density at radius 1 is 0.907 bits per heavy atom. The third kappa shape index (κ3) is 12.0. The quantitative estimate of drug-likeness (QED) is 0.246. The van der Waals surface area contributed by atoms with Crippen LogP contribution in [0.5, 0.6) is 11.8 Å². The Hall–Kier alpha value is -4.07. The normalized spacial score (nSPS) is 19.1. The first kappa shape index (κ1) is 42.7. The number of hydrogen-bond acceptors (Lipinski definition) is 10. The molecule has 6 rings (SSSR count). The third-order valence-electron chi connectivity index (χ3n) is 10.2. The molecule has 0 aromatic carbocycles. The monoisotopic (exact) mass is 749 g/mol. The van der Waals surface area contributed by atoms with E-state index in [4.69, 9.17) is 20.3 Å². The number of carbonyl (C=O) groups is 2. The zero-order valence-corrected chi connectivity index (χ0v) is 33.8. The van der Waals surface area contributed by atoms with Crippen molar-refractivity contribution < 1.29 is 29.3 Å². The summed E-state index contributed by atoms with van der Waals surface area (Å²) in [6.45, 7) is 17.7. The Morgan fingerprint density at radius 2 is 1.54 bits per heavy atom. The molecule has 3 aromatic heterocycles. The average Bonchev–Trinajstić information content (AvgIpc) is 3.85. The van der Waals surface area contributed by atoms with Crippen LogP contribution in [-0.4, -0.2) is 103 Å². The van der Waals surface area contributed by atoms with Crippen LogP contribution in [0.25, 0.3) is 0 Å². The van der Waals surface area contributed by atoms with E-state index in [0.29, 0.717) is 48.8 Å². The molecular formula is C41H63N7O6. The summed E-state index contributed by atoms with van der Waals surface area (Å²) >= 11 is 0. The predicted molar refractivity (Wildman–Crippen MR) is 209 cm³/mol. The summed E-state index contributed by atoms with van der Waals surface area (Å²) in [4.78, 5) is 38.2. The first-order chi connectivity index (χ1) is 25.4. The Kier molecular flexibility index (Phi) is 14.6. The van der Waals surface area contributed by atoms with E-state index < -0.39 is 11.2 Å². The predicted octanol–water partition coefficient (Wildman–Crippen LogP) is 5.71. The summed E-state index contributed by atoms with van der Waals surface area (Å²) in [7, 11) is 1.60. The number of methoxy groups -OCH3 is 1. The van der Waals surface area contributed by atoms with Gasteiger partial charge in [-0.3, -0.25) is 14.3 Å². The molecule has 13 nitrogen and oxygen atoms in total. The topological polar surface area (TPSA) is 169 Å². The molecule has 13 heteroatoms. The number of aromatic nitrogens is 4. The molecule has 5 heterocycles. The molecule has 3 aliphatic rings. The van der Waals surface area contributed by atoms with Gasteiger partial charge in [0.15, 0.2) is 0 Å². The van der Waals surface area contributed by atoms with Crippen LogP contribution >= 0.6 is 0 Å². The lowest BCUT2D eigenvalue weighted by atomic mass is 9.95. The van der Waals surface area contributed by atoms with Gasteiger partial charge in [-0.15, -0.1) is 0 Å². The van der Waals surface area contributed by atoms with Crippen LogP contribution in [-0.2, 0) is 5.60 Å². The van der Waals surface area contributed by atoms with Crippen LogP contribution in [0.4, 0.5) is 0 Å². The molecule has 4 N–H and O–H groups in total. The standard InChI is InChI=1S/C20H28N4O3.C15H21N3O2.C6H14O/c1-14(2)27-18-17(8-5-9-21-18)19(25)23-10-6-7-16(13-23)24-12-15(11-22-24)20(3,4)26;1-20-13-7-6-12(14(17-13)10-4-5-10)15(19)18-8-2-3-11(16)9-18;1-5(2)6(3,4)7/h5,8-9,11-12,14,16,26H,6-7,10,13H2,1-4H3;6-7,10-11H,2-5,8-9,16H2,1H3;5,7H,1-4H3/t16-;11-;/m11./s1. The number of hydrogen-bond donors (Lipinski definition) is 3. The number of aliphatic hydroxyl groups is 2. The van der Waals surface area contributed by atoms with Gasteiger partial charge < -0.3 is 35.2 Å². The molecule has 1 saturated carbocycles. The number of amides is 2. The van der Waals surface area contributed by atoms with E-state index in [1.165, 1.54) is 0 Å². The van der Waals surface area contributed by atoms with Gasteiger partial charge in [0.2, 0.25) is 11.8 Å². The summed E-state index contributed by atoms with van der Waals surface area (Å²) < 4.78 is 12.7. The minimum atomic E-state index is -0.929. The van der Waals surface area contributed by atoms with Crippen molar-refractivity contribution in [2.45, 2.75) is 129 Å². The zero-order valence-electron chi connectivity index (χ0n) is 33.8. The first-order valence-electron chi connectivity index (χ1n) is 19.4. The molecule has 2 saturated heterocycles. The van der Waals surface area contributed by atoms with Crippen molar-refractivity contribution in [1.82, 2.24) is 29.5 Å². The third-order valence-corrected chi connectivity index (χ3v) is 10.2. The molecular weight excluding hydrogens is 686 g/mol. The summed E-state index contributed by atoms with van der Waals surface area (Å²) in [5, 5.41) is 23.7. The van der Waals surface area contributed by atoms with Crippen LogP contribution < -0.4 is 15.2 Å². The van der Waals surface area contributed by atoms with Crippen molar-refractivity contribution in [3.8, 4) is 11.8 Å². The number of pyridine rings is 2. The van der Waals surface area contributed by atoms with Crippen LogP contribution in [0.1, 0.15) is 138 Å². The Bertz CT molecular complexity index is 1670. The van der Waals surface area contributed by atoms with E-state index in [-0.39, 0.29) is 30.0 Å². The highest BCUT2D eigenvalue weighted by Gasteiger charge is 2.33. The lowest BCUT2D eigenvalue weighted by Crippen LogP contribution is -2.46. The molecule has 0 unspecified atom stereocenters. The van der Waals surface area contributed by atoms with Gasteiger partial charge in [0, 0.05) is 62.2 Å². The van der Waals surface area contributed by atoms with Crippen molar-refractivity contribution in [2.75, 3.05) is 33.3 Å². The molecule has 3 fully saturated rings. The Labute approximate surface area is 321 Å². The van der Waals surface area contributed by atoms with Gasteiger partial charge in [0.1, 0.15) is 5.56 Å². The highest BCUT2D eigenvalue weighted by atomic mass is 16.5. The number of piperidine rings is 2. The largest absolute Gasteiger partial charge is 0.481 e. The van der Waals surface area contributed by atoms with Gasteiger partial charge in [-0.25, -0.2) is 9.97 Å². The highest BCUT2D eigenvalue weighted by Crippen LogP contribution is 2.41. The van der Waals surface area contributed by atoms with E-state index >= 15 is 0 Å². The van der Waals surface area contributed by atoms with Crippen LogP contribution in [0, 0.1) is 5.92 Å². The van der Waals surface area contributed by atoms with Gasteiger partial charge in [-0.05, 0) is 104 Å². The molecule has 2 amide bonds. The second-order valence-electron chi connectivity index (χ2n) is 16.4. The van der Waals surface area contributed by atoms with E-state index in [1.54, 1.807) is 51.6 Å². The molecule has 2 atom stereocenters. The lowest BCUT2D eigenvalue weighted by Gasteiger charge is -2.33. The maximum absolute atomic E-state index is 13.1.